The summed E-state index contributed by atoms with van der Waals surface area (Å²) in [4.78, 5) is 24.1. The van der Waals surface area contributed by atoms with Gasteiger partial charge >= 0.3 is 5.97 Å². The van der Waals surface area contributed by atoms with E-state index in [2.05, 4.69) is 5.32 Å². The first kappa shape index (κ1) is 20.7. The fourth-order valence-corrected chi connectivity index (χ4v) is 2.34. The Morgan fingerprint density at radius 2 is 1.78 bits per heavy atom. The van der Waals surface area contributed by atoms with Crippen LogP contribution in [0.1, 0.15) is 24.2 Å². The lowest BCUT2D eigenvalue weighted by Crippen LogP contribution is -2.27. The second kappa shape index (κ2) is 10.5. The van der Waals surface area contributed by atoms with Gasteiger partial charge in [0.25, 0.3) is 5.91 Å². The van der Waals surface area contributed by atoms with E-state index in [0.29, 0.717) is 35.2 Å². The molecule has 0 aliphatic rings. The lowest BCUT2D eigenvalue weighted by Gasteiger charge is -2.14. The molecule has 144 valence electrons. The van der Waals surface area contributed by atoms with Crippen LogP contribution in [0.5, 0.6) is 5.75 Å². The lowest BCUT2D eigenvalue weighted by molar-refractivity contribution is -0.152. The van der Waals surface area contributed by atoms with Crippen molar-refractivity contribution < 1.29 is 23.8 Å². The Labute approximate surface area is 163 Å². The molecule has 1 N–H and O–H groups in total. The van der Waals surface area contributed by atoms with E-state index in [4.69, 9.17) is 25.8 Å². The van der Waals surface area contributed by atoms with Gasteiger partial charge < -0.3 is 19.5 Å². The number of hydrogen-bond acceptors (Lipinski definition) is 5. The van der Waals surface area contributed by atoms with Crippen LogP contribution in [0, 0.1) is 0 Å². The largest absolute Gasteiger partial charge is 0.479 e. The van der Waals surface area contributed by atoms with Gasteiger partial charge in [0.05, 0.1) is 17.3 Å². The van der Waals surface area contributed by atoms with Gasteiger partial charge in [-0.25, -0.2) is 4.79 Å². The van der Waals surface area contributed by atoms with Gasteiger partial charge in [-0.15, -0.1) is 0 Å². The molecule has 0 radical (unpaired) electrons. The normalized spacial score (nSPS) is 11.5. The maximum Gasteiger partial charge on any atom is 0.347 e. The minimum Gasteiger partial charge on any atom is -0.479 e. The van der Waals surface area contributed by atoms with Crippen LogP contribution in [0.25, 0.3) is 0 Å². The number of nitrogens with one attached hydrogen (secondary N) is 1. The van der Waals surface area contributed by atoms with Gasteiger partial charge in [-0.05, 0) is 50.2 Å². The van der Waals surface area contributed by atoms with Crippen LogP contribution in [0.2, 0.25) is 5.02 Å². The molecule has 0 heterocycles. The standard InChI is InChI=1S/C20H22ClNO5/c1-3-25-12-13-26-20(24)14(2)27-16-10-8-15(9-11-16)19(23)22-18-7-5-4-6-17(18)21/h4-11,14H,3,12-13H2,1-2H3,(H,22,23). The second-order valence-electron chi connectivity index (χ2n) is 5.58. The molecule has 2 aromatic carbocycles. The average Bonchev–Trinajstić information content (AvgIpc) is 2.67. The number of esters is 1. The second-order valence-corrected chi connectivity index (χ2v) is 5.99. The number of rotatable bonds is 9. The minimum absolute atomic E-state index is 0.182. The molecule has 1 atom stereocenters. The van der Waals surface area contributed by atoms with Gasteiger partial charge in [0, 0.05) is 12.2 Å². The van der Waals surface area contributed by atoms with E-state index in [-0.39, 0.29) is 12.5 Å². The maximum atomic E-state index is 12.3. The van der Waals surface area contributed by atoms with Crippen molar-refractivity contribution in [2.24, 2.45) is 0 Å². The quantitative estimate of drug-likeness (QED) is 0.517. The summed E-state index contributed by atoms with van der Waals surface area (Å²) < 4.78 is 15.7. The Morgan fingerprint density at radius 3 is 2.44 bits per heavy atom. The van der Waals surface area contributed by atoms with Crippen molar-refractivity contribution in [2.75, 3.05) is 25.1 Å². The highest BCUT2D eigenvalue weighted by atomic mass is 35.5. The van der Waals surface area contributed by atoms with E-state index in [0.717, 1.165) is 0 Å². The topological polar surface area (TPSA) is 73.9 Å². The third-order valence-corrected chi connectivity index (χ3v) is 3.89. The Morgan fingerprint density at radius 1 is 1.07 bits per heavy atom. The number of hydrogen-bond donors (Lipinski definition) is 1. The van der Waals surface area contributed by atoms with Crippen LogP contribution in [0.15, 0.2) is 48.5 Å². The van der Waals surface area contributed by atoms with Gasteiger partial charge in [-0.3, -0.25) is 4.79 Å². The van der Waals surface area contributed by atoms with Crippen molar-refractivity contribution in [1.82, 2.24) is 0 Å². The zero-order chi connectivity index (χ0) is 19.6. The Kier molecular flexibility index (Phi) is 8.10. The SMILES string of the molecule is CCOCCOC(=O)C(C)Oc1ccc(C(=O)Nc2ccccc2Cl)cc1. The Hall–Kier alpha value is -2.57. The predicted molar refractivity (Wildman–Crippen MR) is 103 cm³/mol. The van der Waals surface area contributed by atoms with Gasteiger partial charge in [0.1, 0.15) is 12.4 Å². The molecule has 0 bridgehead atoms. The molecule has 6 nitrogen and oxygen atoms in total. The van der Waals surface area contributed by atoms with E-state index >= 15 is 0 Å². The monoisotopic (exact) mass is 391 g/mol. The fraction of sp³-hybridized carbons (Fsp3) is 0.300. The number of para-hydroxylation sites is 1. The number of anilines is 1. The molecule has 0 aromatic heterocycles. The number of amides is 1. The predicted octanol–water partition coefficient (Wildman–Crippen LogP) is 3.94. The fourth-order valence-electron chi connectivity index (χ4n) is 2.16. The van der Waals surface area contributed by atoms with Gasteiger partial charge in [-0.2, -0.15) is 0 Å². The van der Waals surface area contributed by atoms with Gasteiger partial charge in [0.2, 0.25) is 0 Å². The van der Waals surface area contributed by atoms with Crippen LogP contribution >= 0.6 is 11.6 Å². The smallest absolute Gasteiger partial charge is 0.347 e. The van der Waals surface area contributed by atoms with Crippen LogP contribution in [-0.4, -0.2) is 37.8 Å². The molecular formula is C20H22ClNO5. The van der Waals surface area contributed by atoms with Crippen molar-refractivity contribution in [2.45, 2.75) is 20.0 Å². The Bertz CT molecular complexity index is 763. The van der Waals surface area contributed by atoms with E-state index in [1.165, 1.54) is 0 Å². The van der Waals surface area contributed by atoms with E-state index < -0.39 is 12.1 Å². The van der Waals surface area contributed by atoms with Crippen molar-refractivity contribution in [3.05, 3.63) is 59.1 Å². The molecule has 0 saturated heterocycles. The van der Waals surface area contributed by atoms with Crippen LogP contribution in [0.4, 0.5) is 5.69 Å². The summed E-state index contributed by atoms with van der Waals surface area (Å²) in [5.74, 6) is -0.313. The molecule has 2 rings (SSSR count). The molecule has 7 heteroatoms. The van der Waals surface area contributed by atoms with Gasteiger partial charge in [0.15, 0.2) is 6.10 Å². The number of carbonyl (C=O) groups excluding carboxylic acids is 2. The first-order valence-electron chi connectivity index (χ1n) is 8.58. The third kappa shape index (κ3) is 6.58. The molecule has 0 aliphatic heterocycles. The minimum atomic E-state index is -0.769. The van der Waals surface area contributed by atoms with Crippen molar-refractivity contribution in [3.8, 4) is 5.75 Å². The summed E-state index contributed by atoms with van der Waals surface area (Å²) in [5, 5.41) is 3.20. The zero-order valence-corrected chi connectivity index (χ0v) is 16.0. The number of benzene rings is 2. The maximum absolute atomic E-state index is 12.3. The number of ether oxygens (including phenoxy) is 3. The summed E-state index contributed by atoms with van der Waals surface area (Å²) in [6.45, 7) is 4.57. The number of halogens is 1. The van der Waals surface area contributed by atoms with Crippen molar-refractivity contribution >= 4 is 29.2 Å². The first-order chi connectivity index (χ1) is 13.0. The summed E-state index contributed by atoms with van der Waals surface area (Å²) in [5.41, 5.74) is 0.974. The lowest BCUT2D eigenvalue weighted by atomic mass is 10.2. The highest BCUT2D eigenvalue weighted by Gasteiger charge is 2.16. The highest BCUT2D eigenvalue weighted by molar-refractivity contribution is 6.33. The van der Waals surface area contributed by atoms with Gasteiger partial charge in [-0.1, -0.05) is 23.7 Å². The average molecular weight is 392 g/mol. The molecule has 0 fully saturated rings. The van der Waals surface area contributed by atoms with Crippen molar-refractivity contribution in [1.29, 1.82) is 0 Å². The summed E-state index contributed by atoms with van der Waals surface area (Å²) in [7, 11) is 0. The van der Waals surface area contributed by atoms with Crippen LogP contribution in [-0.2, 0) is 14.3 Å². The highest BCUT2D eigenvalue weighted by Crippen LogP contribution is 2.22. The molecule has 2 aromatic rings. The molecule has 0 saturated carbocycles. The Balaban J connectivity index is 1.88. The molecule has 1 unspecified atom stereocenters. The van der Waals surface area contributed by atoms with E-state index in [1.54, 1.807) is 55.5 Å². The summed E-state index contributed by atoms with van der Waals surface area (Å²) >= 11 is 6.04. The summed E-state index contributed by atoms with van der Waals surface area (Å²) in [6, 6.07) is 13.4. The molecule has 0 aliphatic carbocycles. The molecule has 27 heavy (non-hydrogen) atoms. The van der Waals surface area contributed by atoms with Crippen molar-refractivity contribution in [3.63, 3.8) is 0 Å². The molecule has 1 amide bonds. The van der Waals surface area contributed by atoms with E-state index in [9.17, 15) is 9.59 Å². The van der Waals surface area contributed by atoms with Crippen LogP contribution < -0.4 is 10.1 Å². The summed E-state index contributed by atoms with van der Waals surface area (Å²) in [6.07, 6.45) is -0.769. The zero-order valence-electron chi connectivity index (χ0n) is 15.2. The number of carbonyl (C=O) groups is 2. The first-order valence-corrected chi connectivity index (χ1v) is 8.96. The van der Waals surface area contributed by atoms with E-state index in [1.807, 2.05) is 6.92 Å². The molecule has 0 spiro atoms. The third-order valence-electron chi connectivity index (χ3n) is 3.56. The molecular weight excluding hydrogens is 370 g/mol. The van der Waals surface area contributed by atoms with Crippen LogP contribution in [0.3, 0.4) is 0 Å².